The summed E-state index contributed by atoms with van der Waals surface area (Å²) in [6, 6.07) is 6.15. The third-order valence-corrected chi connectivity index (χ3v) is 8.14. The number of hydrogen-bond acceptors (Lipinski definition) is 6. The molecule has 10 heteroatoms. The lowest BCUT2D eigenvalue weighted by Gasteiger charge is -2.16. The molecule has 1 unspecified atom stereocenters. The number of amides is 1. The zero-order valence-corrected chi connectivity index (χ0v) is 19.8. The average molecular weight is 463 g/mol. The van der Waals surface area contributed by atoms with Gasteiger partial charge >= 0.3 is 0 Å². The first-order valence-corrected chi connectivity index (χ1v) is 12.1. The zero-order chi connectivity index (χ0) is 22.9. The van der Waals surface area contributed by atoms with Crippen LogP contribution in [-0.4, -0.2) is 42.7 Å². The lowest BCUT2D eigenvalue weighted by molar-refractivity contribution is -0.121. The molecule has 1 aromatic carbocycles. The van der Waals surface area contributed by atoms with E-state index in [0.717, 1.165) is 20.3 Å². The highest BCUT2D eigenvalue weighted by atomic mass is 32.2. The number of fused-ring (bicyclic) bond motifs is 1. The minimum absolute atomic E-state index is 0.176. The normalized spacial score (nSPS) is 13.0. The highest BCUT2D eigenvalue weighted by Gasteiger charge is 2.18. The van der Waals surface area contributed by atoms with Crippen molar-refractivity contribution in [3.63, 3.8) is 0 Å². The van der Waals surface area contributed by atoms with Crippen molar-refractivity contribution in [2.24, 2.45) is 0 Å². The molecule has 31 heavy (non-hydrogen) atoms. The number of aromatic nitrogens is 2. The molecule has 1 atom stereocenters. The molecule has 0 bridgehead atoms. The summed E-state index contributed by atoms with van der Waals surface area (Å²) < 4.78 is 25.5. The number of carbonyl (C=O) groups is 1. The number of benzene rings is 1. The fourth-order valence-corrected chi connectivity index (χ4v) is 5.14. The second-order valence-corrected chi connectivity index (χ2v) is 11.0. The number of hydrogen-bond donors (Lipinski definition) is 2. The first-order valence-electron chi connectivity index (χ1n) is 9.81. The number of sulfonamides is 1. The molecule has 0 aliphatic rings. The number of thiophene rings is 1. The SMILES string of the molecule is Cc1sc2nc(CCC(=O)NC(C)c3ccc(S(=O)(=O)N(C)C)cc3)[nH]c(=O)c2c1C. The van der Waals surface area contributed by atoms with Crippen molar-refractivity contribution in [3.8, 4) is 0 Å². The van der Waals surface area contributed by atoms with Gasteiger partial charge in [0.2, 0.25) is 15.9 Å². The number of aryl methyl sites for hydroxylation is 3. The van der Waals surface area contributed by atoms with Crippen molar-refractivity contribution in [1.82, 2.24) is 19.6 Å². The van der Waals surface area contributed by atoms with E-state index < -0.39 is 10.0 Å². The smallest absolute Gasteiger partial charge is 0.259 e. The van der Waals surface area contributed by atoms with Crippen molar-refractivity contribution in [2.45, 2.75) is 44.6 Å². The van der Waals surface area contributed by atoms with Crippen LogP contribution in [0.15, 0.2) is 34.0 Å². The molecule has 0 saturated carbocycles. The molecule has 3 rings (SSSR count). The van der Waals surface area contributed by atoms with E-state index in [1.54, 1.807) is 12.1 Å². The van der Waals surface area contributed by atoms with Gasteiger partial charge in [-0.15, -0.1) is 11.3 Å². The number of nitrogens with zero attached hydrogens (tertiary/aromatic N) is 2. The number of carbonyl (C=O) groups excluding carboxylic acids is 1. The molecule has 2 aromatic heterocycles. The van der Waals surface area contributed by atoms with Gasteiger partial charge in [0.15, 0.2) is 0 Å². The first kappa shape index (κ1) is 23.1. The van der Waals surface area contributed by atoms with Gasteiger partial charge in [0, 0.05) is 31.8 Å². The summed E-state index contributed by atoms with van der Waals surface area (Å²) in [5, 5.41) is 3.51. The average Bonchev–Trinajstić information content (AvgIpc) is 3.00. The van der Waals surface area contributed by atoms with E-state index in [9.17, 15) is 18.0 Å². The van der Waals surface area contributed by atoms with Gasteiger partial charge in [0.25, 0.3) is 5.56 Å². The van der Waals surface area contributed by atoms with E-state index in [1.807, 2.05) is 20.8 Å². The summed E-state index contributed by atoms with van der Waals surface area (Å²) in [5.74, 6) is 0.304. The maximum Gasteiger partial charge on any atom is 0.259 e. The van der Waals surface area contributed by atoms with Crippen LogP contribution in [0.5, 0.6) is 0 Å². The Labute approximate surface area is 185 Å². The van der Waals surface area contributed by atoms with E-state index in [0.29, 0.717) is 22.5 Å². The third kappa shape index (κ3) is 4.86. The molecule has 8 nitrogen and oxygen atoms in total. The summed E-state index contributed by atoms with van der Waals surface area (Å²) in [7, 11) is -0.534. The molecule has 0 radical (unpaired) electrons. The molecule has 166 valence electrons. The van der Waals surface area contributed by atoms with Crippen molar-refractivity contribution >= 4 is 37.5 Å². The lowest BCUT2D eigenvalue weighted by atomic mass is 10.1. The highest BCUT2D eigenvalue weighted by molar-refractivity contribution is 7.89. The summed E-state index contributed by atoms with van der Waals surface area (Å²) >= 11 is 1.48. The van der Waals surface area contributed by atoms with Gasteiger partial charge in [0.1, 0.15) is 10.7 Å². The Morgan fingerprint density at radius 3 is 2.48 bits per heavy atom. The summed E-state index contributed by atoms with van der Waals surface area (Å²) in [6.07, 6.45) is 0.495. The number of nitrogens with one attached hydrogen (secondary N) is 2. The van der Waals surface area contributed by atoms with Crippen LogP contribution in [0.4, 0.5) is 0 Å². The predicted molar refractivity (Wildman–Crippen MR) is 122 cm³/mol. The summed E-state index contributed by atoms with van der Waals surface area (Å²) in [6.45, 7) is 5.69. The molecule has 0 saturated heterocycles. The Balaban J connectivity index is 1.63. The molecule has 0 aliphatic carbocycles. The monoisotopic (exact) mass is 462 g/mol. The van der Waals surface area contributed by atoms with Gasteiger partial charge in [-0.2, -0.15) is 0 Å². The van der Waals surface area contributed by atoms with Crippen molar-refractivity contribution in [3.05, 3.63) is 56.4 Å². The minimum Gasteiger partial charge on any atom is -0.350 e. The van der Waals surface area contributed by atoms with Crippen LogP contribution in [0, 0.1) is 13.8 Å². The molecule has 0 fully saturated rings. The molecule has 2 heterocycles. The van der Waals surface area contributed by atoms with Crippen molar-refractivity contribution in [1.29, 1.82) is 0 Å². The van der Waals surface area contributed by atoms with E-state index >= 15 is 0 Å². The number of H-pyrrole nitrogens is 1. The van der Waals surface area contributed by atoms with Crippen LogP contribution in [0.25, 0.3) is 10.2 Å². The van der Waals surface area contributed by atoms with E-state index in [2.05, 4.69) is 15.3 Å². The zero-order valence-electron chi connectivity index (χ0n) is 18.1. The molecular weight excluding hydrogens is 436 g/mol. The lowest BCUT2D eigenvalue weighted by Crippen LogP contribution is -2.27. The van der Waals surface area contributed by atoms with Crippen LogP contribution < -0.4 is 10.9 Å². The first-order chi connectivity index (χ1) is 14.5. The van der Waals surface area contributed by atoms with E-state index in [-0.39, 0.29) is 28.8 Å². The molecule has 0 spiro atoms. The van der Waals surface area contributed by atoms with Gasteiger partial charge in [0.05, 0.1) is 16.3 Å². The molecule has 2 N–H and O–H groups in total. The van der Waals surface area contributed by atoms with E-state index in [4.69, 9.17) is 0 Å². The van der Waals surface area contributed by atoms with Gasteiger partial charge in [-0.25, -0.2) is 17.7 Å². The third-order valence-electron chi connectivity index (χ3n) is 5.21. The largest absolute Gasteiger partial charge is 0.350 e. The second-order valence-electron chi connectivity index (χ2n) is 7.62. The second kappa shape index (κ2) is 8.89. The Hall–Kier alpha value is -2.56. The minimum atomic E-state index is -3.49. The van der Waals surface area contributed by atoms with Crippen LogP contribution in [0.3, 0.4) is 0 Å². The quantitative estimate of drug-likeness (QED) is 0.561. The fourth-order valence-electron chi connectivity index (χ4n) is 3.19. The predicted octanol–water partition coefficient (Wildman–Crippen LogP) is 2.66. The fraction of sp³-hybridized carbons (Fsp3) is 0.381. The van der Waals surface area contributed by atoms with Crippen molar-refractivity contribution < 1.29 is 13.2 Å². The number of rotatable bonds is 7. The van der Waals surface area contributed by atoms with Crippen LogP contribution in [0.1, 0.15) is 41.2 Å². The number of aromatic amines is 1. The van der Waals surface area contributed by atoms with Gasteiger partial charge in [-0.05, 0) is 44.0 Å². The molecule has 1 amide bonds. The van der Waals surface area contributed by atoms with Crippen LogP contribution >= 0.6 is 11.3 Å². The standard InChI is InChI=1S/C21H26N4O4S2/c1-12-14(3)30-21-19(12)20(27)23-17(24-21)10-11-18(26)22-13(2)15-6-8-16(9-7-15)31(28,29)25(4)5/h6-9,13H,10-11H2,1-5H3,(H,22,26)(H,23,24,27). The maximum absolute atomic E-state index is 12.4. The summed E-state index contributed by atoms with van der Waals surface area (Å²) in [4.78, 5) is 34.0. The molecule has 0 aliphatic heterocycles. The highest BCUT2D eigenvalue weighted by Crippen LogP contribution is 2.25. The Morgan fingerprint density at radius 2 is 1.87 bits per heavy atom. The van der Waals surface area contributed by atoms with Crippen LogP contribution in [0.2, 0.25) is 0 Å². The Morgan fingerprint density at radius 1 is 1.23 bits per heavy atom. The molecular formula is C21H26N4O4S2. The van der Waals surface area contributed by atoms with Gasteiger partial charge in [-0.1, -0.05) is 12.1 Å². The summed E-state index contributed by atoms with van der Waals surface area (Å²) in [5.41, 5.74) is 1.56. The Bertz CT molecular complexity index is 1280. The van der Waals surface area contributed by atoms with Crippen molar-refractivity contribution in [2.75, 3.05) is 14.1 Å². The van der Waals surface area contributed by atoms with Gasteiger partial charge in [-0.3, -0.25) is 9.59 Å². The Kier molecular flexibility index (Phi) is 6.63. The maximum atomic E-state index is 12.4. The van der Waals surface area contributed by atoms with E-state index in [1.165, 1.54) is 37.6 Å². The topological polar surface area (TPSA) is 112 Å². The van der Waals surface area contributed by atoms with Crippen LogP contribution in [-0.2, 0) is 21.2 Å². The molecule has 3 aromatic rings. The van der Waals surface area contributed by atoms with Gasteiger partial charge < -0.3 is 10.3 Å².